The van der Waals surface area contributed by atoms with Gasteiger partial charge in [0, 0.05) is 19.8 Å². The molecule has 4 atom stereocenters. The van der Waals surface area contributed by atoms with Crippen LogP contribution in [0.25, 0.3) is 0 Å². The third-order valence-corrected chi connectivity index (χ3v) is 7.41. The molecule has 4 amide bonds. The Bertz CT molecular complexity index is 1100. The fourth-order valence-electron chi connectivity index (χ4n) is 4.28. The summed E-state index contributed by atoms with van der Waals surface area (Å²) in [4.78, 5) is 41.1. The van der Waals surface area contributed by atoms with Gasteiger partial charge in [0.1, 0.15) is 5.75 Å². The first-order valence-corrected chi connectivity index (χ1v) is 12.0. The molecule has 4 unspecified atom stereocenters. The first-order chi connectivity index (χ1) is 16.3. The SMILES string of the molecule is COc1cccc(C2NC(SCC(=O)Nc3ccccc3C)C3C(=O)N(C)C(=O)N(C)C3N2)c1. The Balaban J connectivity index is 1.55. The Hall–Kier alpha value is -3.08. The van der Waals surface area contributed by atoms with Gasteiger partial charge in [-0.05, 0) is 36.2 Å². The molecule has 2 aromatic carbocycles. The number of carbonyl (C=O) groups excluding carboxylic acids is 3. The van der Waals surface area contributed by atoms with Crippen molar-refractivity contribution in [1.29, 1.82) is 0 Å². The van der Waals surface area contributed by atoms with Gasteiger partial charge in [-0.25, -0.2) is 4.79 Å². The number of rotatable bonds is 6. The van der Waals surface area contributed by atoms with Gasteiger partial charge in [0.15, 0.2) is 0 Å². The second-order valence-electron chi connectivity index (χ2n) is 8.40. The van der Waals surface area contributed by atoms with Crippen molar-refractivity contribution >= 4 is 35.3 Å². The predicted octanol–water partition coefficient (Wildman–Crippen LogP) is 2.36. The van der Waals surface area contributed by atoms with Crippen LogP contribution >= 0.6 is 11.8 Å². The normalized spacial score (nSPS) is 24.6. The van der Waals surface area contributed by atoms with Gasteiger partial charge in [0.2, 0.25) is 11.8 Å². The molecule has 34 heavy (non-hydrogen) atoms. The Morgan fingerprint density at radius 2 is 1.88 bits per heavy atom. The molecule has 9 nitrogen and oxygen atoms in total. The summed E-state index contributed by atoms with van der Waals surface area (Å²) in [6.45, 7) is 1.93. The number of para-hydroxylation sites is 1. The number of thioether (sulfide) groups is 1. The van der Waals surface area contributed by atoms with Gasteiger partial charge < -0.3 is 15.0 Å². The molecule has 2 aliphatic rings. The summed E-state index contributed by atoms with van der Waals surface area (Å²) in [7, 11) is 4.76. The molecule has 0 aliphatic carbocycles. The highest BCUT2D eigenvalue weighted by atomic mass is 32.2. The minimum atomic E-state index is -0.564. The second kappa shape index (κ2) is 10.0. The molecule has 0 radical (unpaired) electrons. The van der Waals surface area contributed by atoms with Crippen LogP contribution in [0.2, 0.25) is 0 Å². The van der Waals surface area contributed by atoms with Crippen LogP contribution < -0.4 is 20.7 Å². The predicted molar refractivity (Wildman–Crippen MR) is 131 cm³/mol. The lowest BCUT2D eigenvalue weighted by Crippen LogP contribution is -2.72. The number of aryl methyl sites for hydroxylation is 1. The van der Waals surface area contributed by atoms with Gasteiger partial charge >= 0.3 is 6.03 Å². The zero-order valence-electron chi connectivity index (χ0n) is 19.6. The third-order valence-electron chi connectivity index (χ3n) is 6.20. The molecule has 0 bridgehead atoms. The van der Waals surface area contributed by atoms with Crippen LogP contribution in [-0.4, -0.2) is 66.1 Å². The highest BCUT2D eigenvalue weighted by Crippen LogP contribution is 2.35. The van der Waals surface area contributed by atoms with Crippen molar-refractivity contribution in [2.45, 2.75) is 24.6 Å². The van der Waals surface area contributed by atoms with Gasteiger partial charge in [-0.1, -0.05) is 30.3 Å². The maximum Gasteiger partial charge on any atom is 0.327 e. The summed E-state index contributed by atoms with van der Waals surface area (Å²) in [6, 6.07) is 14.8. The summed E-state index contributed by atoms with van der Waals surface area (Å²) in [5.41, 5.74) is 2.64. The molecule has 2 fully saturated rings. The molecule has 2 aromatic rings. The molecular weight excluding hydrogens is 454 g/mol. The van der Waals surface area contributed by atoms with Crippen LogP contribution in [0.4, 0.5) is 10.5 Å². The summed E-state index contributed by atoms with van der Waals surface area (Å²) in [5, 5.41) is 9.39. The van der Waals surface area contributed by atoms with E-state index in [1.807, 2.05) is 55.5 Å². The number of amides is 4. The molecule has 0 spiro atoms. The third kappa shape index (κ3) is 4.75. The van der Waals surface area contributed by atoms with Crippen molar-refractivity contribution < 1.29 is 19.1 Å². The van der Waals surface area contributed by atoms with E-state index in [-0.39, 0.29) is 29.8 Å². The van der Waals surface area contributed by atoms with Gasteiger partial charge in [-0.2, -0.15) is 0 Å². The molecule has 2 aliphatic heterocycles. The van der Waals surface area contributed by atoms with Gasteiger partial charge in [0.25, 0.3) is 0 Å². The van der Waals surface area contributed by atoms with Gasteiger partial charge in [0.05, 0.1) is 36.5 Å². The van der Waals surface area contributed by atoms with Gasteiger partial charge in [-0.15, -0.1) is 11.8 Å². The zero-order chi connectivity index (χ0) is 24.4. The molecule has 0 aromatic heterocycles. The van der Waals surface area contributed by atoms with Crippen molar-refractivity contribution in [3.8, 4) is 5.75 Å². The van der Waals surface area contributed by atoms with Crippen LogP contribution in [0.15, 0.2) is 48.5 Å². The Morgan fingerprint density at radius 3 is 2.62 bits per heavy atom. The van der Waals surface area contributed by atoms with Crippen LogP contribution in [0.5, 0.6) is 5.75 Å². The largest absolute Gasteiger partial charge is 0.497 e. The minimum Gasteiger partial charge on any atom is -0.497 e. The summed E-state index contributed by atoms with van der Waals surface area (Å²) in [6.07, 6.45) is -0.870. The monoisotopic (exact) mass is 483 g/mol. The number of hydrogen-bond donors (Lipinski definition) is 3. The topological polar surface area (TPSA) is 103 Å². The van der Waals surface area contributed by atoms with E-state index in [4.69, 9.17) is 4.74 Å². The molecular formula is C24H29N5O4S. The molecule has 0 saturated carbocycles. The fourth-order valence-corrected chi connectivity index (χ4v) is 5.38. The summed E-state index contributed by atoms with van der Waals surface area (Å²) in [5.74, 6) is -0.154. The fraction of sp³-hybridized carbons (Fsp3) is 0.375. The first-order valence-electron chi connectivity index (χ1n) is 11.0. The maximum absolute atomic E-state index is 13.1. The summed E-state index contributed by atoms with van der Waals surface area (Å²) >= 11 is 1.35. The first kappa shape index (κ1) is 24.1. The molecule has 3 N–H and O–H groups in total. The quantitative estimate of drug-likeness (QED) is 0.580. The van der Waals surface area contributed by atoms with Crippen LogP contribution in [0.1, 0.15) is 17.3 Å². The number of ether oxygens (including phenoxy) is 1. The summed E-state index contributed by atoms with van der Waals surface area (Å²) < 4.78 is 5.35. The lowest BCUT2D eigenvalue weighted by Gasteiger charge is -2.50. The van der Waals surface area contributed by atoms with E-state index < -0.39 is 17.5 Å². The number of carbonyl (C=O) groups is 3. The van der Waals surface area contributed by atoms with Crippen LogP contribution in [0.3, 0.4) is 0 Å². The molecule has 180 valence electrons. The minimum absolute atomic E-state index is 0.148. The number of imide groups is 1. The van der Waals surface area contributed by atoms with Crippen molar-refractivity contribution in [3.63, 3.8) is 0 Å². The van der Waals surface area contributed by atoms with Crippen molar-refractivity contribution in [1.82, 2.24) is 20.4 Å². The number of anilines is 1. The van der Waals surface area contributed by atoms with E-state index >= 15 is 0 Å². The van der Waals surface area contributed by atoms with E-state index in [0.29, 0.717) is 5.75 Å². The molecule has 2 heterocycles. The second-order valence-corrected chi connectivity index (χ2v) is 9.53. The number of fused-ring (bicyclic) bond motifs is 1. The van der Waals surface area contributed by atoms with E-state index in [2.05, 4.69) is 16.0 Å². The van der Waals surface area contributed by atoms with Crippen molar-refractivity contribution in [2.24, 2.45) is 5.92 Å². The highest BCUT2D eigenvalue weighted by molar-refractivity contribution is 8.00. The number of nitrogens with zero attached hydrogens (tertiary/aromatic N) is 2. The van der Waals surface area contributed by atoms with Gasteiger partial charge in [-0.3, -0.25) is 25.1 Å². The Morgan fingerprint density at radius 1 is 1.12 bits per heavy atom. The van der Waals surface area contributed by atoms with Crippen LogP contribution in [-0.2, 0) is 9.59 Å². The zero-order valence-corrected chi connectivity index (χ0v) is 20.4. The number of methoxy groups -OCH3 is 1. The van der Waals surface area contributed by atoms with Crippen molar-refractivity contribution in [2.75, 3.05) is 32.3 Å². The lowest BCUT2D eigenvalue weighted by atomic mass is 9.96. The van der Waals surface area contributed by atoms with E-state index in [1.54, 1.807) is 19.1 Å². The van der Waals surface area contributed by atoms with E-state index in [0.717, 1.165) is 21.7 Å². The molecule has 2 saturated heterocycles. The highest BCUT2D eigenvalue weighted by Gasteiger charge is 2.51. The smallest absolute Gasteiger partial charge is 0.327 e. The Labute approximate surface area is 203 Å². The number of urea groups is 1. The van der Waals surface area contributed by atoms with Crippen LogP contribution in [0, 0.1) is 12.8 Å². The van der Waals surface area contributed by atoms with Crippen molar-refractivity contribution in [3.05, 3.63) is 59.7 Å². The number of hydrogen-bond acceptors (Lipinski definition) is 7. The maximum atomic E-state index is 13.1. The molecule has 10 heteroatoms. The lowest BCUT2D eigenvalue weighted by molar-refractivity contribution is -0.140. The average Bonchev–Trinajstić information content (AvgIpc) is 2.85. The number of benzene rings is 2. The van der Waals surface area contributed by atoms with E-state index in [1.165, 1.54) is 18.8 Å². The number of nitrogens with one attached hydrogen (secondary N) is 3. The van der Waals surface area contributed by atoms with E-state index in [9.17, 15) is 14.4 Å². The standard InChI is InChI=1S/C24H29N5O4S/c1-14-8-5-6-11-17(14)25-18(30)13-34-22-19-21(28(2)24(32)29(3)23(19)31)26-20(27-22)15-9-7-10-16(12-15)33-4/h5-12,19-22,26-27H,13H2,1-4H3,(H,25,30). The Kier molecular flexibility index (Phi) is 7.11. The average molecular weight is 484 g/mol. The molecule has 4 rings (SSSR count).